The molecule has 0 fully saturated rings. The van der Waals surface area contributed by atoms with Gasteiger partial charge in [-0.25, -0.2) is 10.2 Å². The fraction of sp³-hybridized carbons (Fsp3) is 0.176. The second-order valence-electron chi connectivity index (χ2n) is 4.82. The van der Waals surface area contributed by atoms with Gasteiger partial charge in [-0.05, 0) is 42.8 Å². The van der Waals surface area contributed by atoms with Crippen molar-refractivity contribution in [2.24, 2.45) is 5.10 Å². The Hall–Kier alpha value is -3.22. The summed E-state index contributed by atoms with van der Waals surface area (Å²) < 4.78 is 5.44. The lowest BCUT2D eigenvalue weighted by Gasteiger charge is -2.06. The van der Waals surface area contributed by atoms with Crippen LogP contribution in [0.3, 0.4) is 0 Å². The number of pyridine rings is 1. The first-order valence-electron chi connectivity index (χ1n) is 7.36. The summed E-state index contributed by atoms with van der Waals surface area (Å²) in [4.78, 5) is 27.1. The number of nitrogens with zero attached hydrogens (tertiary/aromatic N) is 2. The van der Waals surface area contributed by atoms with Gasteiger partial charge in [-0.3, -0.25) is 9.78 Å². The number of aromatic nitrogens is 1. The predicted molar refractivity (Wildman–Crippen MR) is 88.1 cm³/mol. The van der Waals surface area contributed by atoms with E-state index < -0.39 is 11.9 Å². The van der Waals surface area contributed by atoms with E-state index in [0.717, 1.165) is 6.42 Å². The molecule has 0 saturated carbocycles. The van der Waals surface area contributed by atoms with Gasteiger partial charge < -0.3 is 9.84 Å². The molecule has 0 aliphatic rings. The molecule has 1 amide bonds. The van der Waals surface area contributed by atoms with Gasteiger partial charge >= 0.3 is 5.97 Å². The van der Waals surface area contributed by atoms with Crippen molar-refractivity contribution in [2.75, 3.05) is 6.61 Å². The molecule has 2 aromatic rings. The summed E-state index contributed by atoms with van der Waals surface area (Å²) in [5.41, 5.74) is 2.67. The van der Waals surface area contributed by atoms with Crippen LogP contribution in [0.25, 0.3) is 0 Å². The molecular formula is C17H17N3O4. The highest BCUT2D eigenvalue weighted by Crippen LogP contribution is 2.13. The van der Waals surface area contributed by atoms with Crippen LogP contribution in [0.4, 0.5) is 0 Å². The van der Waals surface area contributed by atoms with E-state index in [2.05, 4.69) is 15.5 Å². The number of hydrogen-bond donors (Lipinski definition) is 2. The number of carbonyl (C=O) groups excluding carboxylic acids is 1. The van der Waals surface area contributed by atoms with Gasteiger partial charge in [0, 0.05) is 23.5 Å². The predicted octanol–water partition coefficient (Wildman–Crippen LogP) is 2.09. The Morgan fingerprint density at radius 1 is 1.12 bits per heavy atom. The summed E-state index contributed by atoms with van der Waals surface area (Å²) in [5.74, 6) is -1.11. The van der Waals surface area contributed by atoms with Crippen LogP contribution in [0.15, 0.2) is 53.9 Å². The van der Waals surface area contributed by atoms with E-state index in [1.165, 1.54) is 24.5 Å². The summed E-state index contributed by atoms with van der Waals surface area (Å²) in [6.07, 6.45) is 3.81. The fourth-order valence-corrected chi connectivity index (χ4v) is 1.84. The summed E-state index contributed by atoms with van der Waals surface area (Å²) in [5, 5.41) is 13.0. The molecule has 0 aliphatic carbocycles. The summed E-state index contributed by atoms with van der Waals surface area (Å²) in [6, 6.07) is 9.49. The standard InChI is InChI=1S/C17H17N3O4/c1-2-11-24-14-5-3-12(4-6-14)15(17(22)23)19-20-16(21)13-7-9-18-10-8-13/h3-10H,2,11H2,1H3,(H,20,21)(H,22,23)/b19-15-. The Labute approximate surface area is 139 Å². The van der Waals surface area contributed by atoms with Crippen LogP contribution in [-0.4, -0.2) is 34.3 Å². The molecule has 0 radical (unpaired) electrons. The minimum Gasteiger partial charge on any atom is -0.494 e. The number of ether oxygens (including phenoxy) is 1. The number of hydrogen-bond acceptors (Lipinski definition) is 5. The maximum absolute atomic E-state index is 11.9. The third-order valence-corrected chi connectivity index (χ3v) is 3.01. The van der Waals surface area contributed by atoms with Gasteiger partial charge in [0.1, 0.15) is 5.75 Å². The lowest BCUT2D eigenvalue weighted by Crippen LogP contribution is -2.24. The number of amides is 1. The number of hydrazone groups is 1. The normalized spacial score (nSPS) is 11.0. The lowest BCUT2D eigenvalue weighted by molar-refractivity contribution is -0.129. The Morgan fingerprint density at radius 2 is 1.79 bits per heavy atom. The summed E-state index contributed by atoms with van der Waals surface area (Å²) in [6.45, 7) is 2.58. The molecular weight excluding hydrogens is 310 g/mol. The van der Waals surface area contributed by atoms with Gasteiger partial charge in [0.25, 0.3) is 5.91 Å². The molecule has 124 valence electrons. The quantitative estimate of drug-likeness (QED) is 0.599. The average Bonchev–Trinajstić information content (AvgIpc) is 2.61. The molecule has 24 heavy (non-hydrogen) atoms. The van der Waals surface area contributed by atoms with Crippen LogP contribution in [0.5, 0.6) is 5.75 Å². The molecule has 0 atom stereocenters. The monoisotopic (exact) mass is 327 g/mol. The van der Waals surface area contributed by atoms with E-state index in [1.807, 2.05) is 6.92 Å². The zero-order valence-corrected chi connectivity index (χ0v) is 13.1. The second kappa shape index (κ2) is 8.42. The van der Waals surface area contributed by atoms with Gasteiger partial charge in [0.15, 0.2) is 5.71 Å². The van der Waals surface area contributed by atoms with Gasteiger partial charge in [-0.2, -0.15) is 5.10 Å². The SMILES string of the molecule is CCCOc1ccc(/C(=N/NC(=O)c2ccncc2)C(=O)O)cc1. The molecule has 7 nitrogen and oxygen atoms in total. The zero-order chi connectivity index (χ0) is 17.4. The topological polar surface area (TPSA) is 101 Å². The van der Waals surface area contributed by atoms with Crippen molar-refractivity contribution in [1.82, 2.24) is 10.4 Å². The van der Waals surface area contributed by atoms with Crippen LogP contribution in [0, 0.1) is 0 Å². The number of carboxylic acid groups (broad SMARTS) is 1. The Balaban J connectivity index is 2.14. The fourth-order valence-electron chi connectivity index (χ4n) is 1.84. The average molecular weight is 327 g/mol. The largest absolute Gasteiger partial charge is 0.494 e. The number of benzene rings is 1. The zero-order valence-electron chi connectivity index (χ0n) is 13.1. The molecule has 0 bridgehead atoms. The number of rotatable bonds is 7. The minimum atomic E-state index is -1.24. The summed E-state index contributed by atoms with van der Waals surface area (Å²) in [7, 11) is 0. The third-order valence-electron chi connectivity index (χ3n) is 3.01. The van der Waals surface area contributed by atoms with Crippen LogP contribution < -0.4 is 10.2 Å². The van der Waals surface area contributed by atoms with Crippen molar-refractivity contribution in [2.45, 2.75) is 13.3 Å². The Kier molecular flexibility index (Phi) is 6.01. The lowest BCUT2D eigenvalue weighted by atomic mass is 10.1. The van der Waals surface area contributed by atoms with Crippen molar-refractivity contribution < 1.29 is 19.4 Å². The van der Waals surface area contributed by atoms with E-state index in [9.17, 15) is 14.7 Å². The molecule has 1 aromatic heterocycles. The molecule has 1 heterocycles. The van der Waals surface area contributed by atoms with E-state index >= 15 is 0 Å². The smallest absolute Gasteiger partial charge is 0.356 e. The van der Waals surface area contributed by atoms with Gasteiger partial charge in [-0.15, -0.1) is 0 Å². The molecule has 7 heteroatoms. The number of aliphatic carboxylic acids is 1. The maximum atomic E-state index is 11.9. The molecule has 0 aliphatic heterocycles. The molecule has 0 spiro atoms. The number of carboxylic acids is 1. The van der Waals surface area contributed by atoms with Crippen LogP contribution in [-0.2, 0) is 4.79 Å². The minimum absolute atomic E-state index is 0.264. The number of nitrogens with one attached hydrogen (secondary N) is 1. The molecule has 2 rings (SSSR count). The van der Waals surface area contributed by atoms with Gasteiger partial charge in [-0.1, -0.05) is 6.92 Å². The van der Waals surface area contributed by atoms with Crippen molar-refractivity contribution >= 4 is 17.6 Å². The molecule has 0 unspecified atom stereocenters. The van der Waals surface area contributed by atoms with Crippen LogP contribution in [0.2, 0.25) is 0 Å². The van der Waals surface area contributed by atoms with Crippen LogP contribution in [0.1, 0.15) is 29.3 Å². The first-order valence-corrected chi connectivity index (χ1v) is 7.36. The first kappa shape index (κ1) is 17.1. The third kappa shape index (κ3) is 4.64. The highest BCUT2D eigenvalue weighted by molar-refractivity contribution is 6.42. The van der Waals surface area contributed by atoms with E-state index in [-0.39, 0.29) is 5.71 Å². The van der Waals surface area contributed by atoms with Crippen molar-refractivity contribution in [3.63, 3.8) is 0 Å². The van der Waals surface area contributed by atoms with Crippen molar-refractivity contribution in [3.05, 3.63) is 59.9 Å². The van der Waals surface area contributed by atoms with Crippen LogP contribution >= 0.6 is 0 Å². The first-order chi connectivity index (χ1) is 11.6. The van der Waals surface area contributed by atoms with E-state index in [1.54, 1.807) is 24.3 Å². The Morgan fingerprint density at radius 3 is 2.38 bits per heavy atom. The maximum Gasteiger partial charge on any atom is 0.356 e. The van der Waals surface area contributed by atoms with Crippen molar-refractivity contribution in [3.8, 4) is 5.75 Å². The number of carbonyl (C=O) groups is 2. The van der Waals surface area contributed by atoms with E-state index in [0.29, 0.717) is 23.5 Å². The Bertz CT molecular complexity index is 727. The highest BCUT2D eigenvalue weighted by Gasteiger charge is 2.14. The van der Waals surface area contributed by atoms with E-state index in [4.69, 9.17) is 4.74 Å². The summed E-state index contributed by atoms with van der Waals surface area (Å²) >= 11 is 0. The molecule has 0 saturated heterocycles. The second-order valence-corrected chi connectivity index (χ2v) is 4.82. The molecule has 1 aromatic carbocycles. The van der Waals surface area contributed by atoms with Crippen molar-refractivity contribution in [1.29, 1.82) is 0 Å². The molecule has 2 N–H and O–H groups in total. The van der Waals surface area contributed by atoms with Gasteiger partial charge in [0.2, 0.25) is 0 Å². The van der Waals surface area contributed by atoms with Gasteiger partial charge in [0.05, 0.1) is 6.61 Å². The highest BCUT2D eigenvalue weighted by atomic mass is 16.5.